The van der Waals surface area contributed by atoms with Crippen molar-refractivity contribution in [2.45, 2.75) is 50.9 Å². The molecule has 1 rings (SSSR count). The molecule has 0 spiro atoms. The van der Waals surface area contributed by atoms with Crippen LogP contribution in [0, 0.1) is 5.92 Å². The van der Waals surface area contributed by atoms with Gasteiger partial charge in [0, 0.05) is 18.3 Å². The van der Waals surface area contributed by atoms with Crippen LogP contribution in [0.4, 0.5) is 0 Å². The summed E-state index contributed by atoms with van der Waals surface area (Å²) in [5.41, 5.74) is 5.88. The average molecular weight is 442 g/mol. The molecule has 5 unspecified atom stereocenters. The zero-order valence-corrected chi connectivity index (χ0v) is 17.4. The number of nitrogens with one attached hydrogen (secondary N) is 4. The highest BCUT2D eigenvalue weighted by molar-refractivity contribution is 5.94. The first-order chi connectivity index (χ1) is 14.6. The summed E-state index contributed by atoms with van der Waals surface area (Å²) in [6, 6.07) is -5.09. The molecule has 0 saturated heterocycles. The molecule has 1 heterocycles. The maximum absolute atomic E-state index is 12.8. The molecule has 5 atom stereocenters. The highest BCUT2D eigenvalue weighted by atomic mass is 16.4. The van der Waals surface area contributed by atoms with E-state index in [4.69, 9.17) is 10.8 Å². The van der Waals surface area contributed by atoms with Crippen molar-refractivity contribution >= 4 is 23.7 Å². The number of aliphatic carboxylic acids is 1. The minimum absolute atomic E-state index is 0.0450. The molecule has 9 N–H and O–H groups in total. The number of H-pyrrole nitrogens is 1. The Morgan fingerprint density at radius 1 is 1.06 bits per heavy atom. The molecule has 13 nitrogen and oxygen atoms in total. The topological polar surface area (TPSA) is 220 Å². The fourth-order valence-corrected chi connectivity index (χ4v) is 2.59. The third kappa shape index (κ3) is 7.96. The maximum Gasteiger partial charge on any atom is 0.326 e. The summed E-state index contributed by atoms with van der Waals surface area (Å²) < 4.78 is 0. The minimum atomic E-state index is -1.41. The second-order valence-corrected chi connectivity index (χ2v) is 7.08. The summed E-state index contributed by atoms with van der Waals surface area (Å²) in [5.74, 6) is -4.10. The summed E-state index contributed by atoms with van der Waals surface area (Å²) in [5, 5.41) is 34.8. The molecule has 0 fully saturated rings. The maximum atomic E-state index is 12.8. The Balaban J connectivity index is 2.90. The van der Waals surface area contributed by atoms with Gasteiger partial charge in [-0.25, -0.2) is 9.78 Å². The van der Waals surface area contributed by atoms with Crippen molar-refractivity contribution in [3.05, 3.63) is 18.2 Å². The van der Waals surface area contributed by atoms with E-state index < -0.39 is 61.1 Å². The van der Waals surface area contributed by atoms with Crippen molar-refractivity contribution in [1.82, 2.24) is 25.9 Å². The molecule has 1 aromatic heterocycles. The monoisotopic (exact) mass is 442 g/mol. The van der Waals surface area contributed by atoms with Crippen LogP contribution >= 0.6 is 0 Å². The fraction of sp³-hybridized carbons (Fsp3) is 0.611. The Morgan fingerprint density at radius 3 is 2.19 bits per heavy atom. The number of nitrogens with two attached hydrogens (primary N) is 1. The number of carboxylic acid groups (broad SMARTS) is 1. The minimum Gasteiger partial charge on any atom is -0.480 e. The number of aromatic nitrogens is 2. The molecule has 0 aromatic carbocycles. The van der Waals surface area contributed by atoms with Crippen molar-refractivity contribution < 1.29 is 34.5 Å². The number of hydrogen-bond acceptors (Lipinski definition) is 8. The number of amides is 3. The lowest BCUT2D eigenvalue weighted by Crippen LogP contribution is -2.59. The second kappa shape index (κ2) is 12.6. The molecule has 0 aliphatic carbocycles. The van der Waals surface area contributed by atoms with Crippen molar-refractivity contribution in [1.29, 1.82) is 0 Å². The first-order valence-electron chi connectivity index (χ1n) is 9.72. The predicted molar refractivity (Wildman–Crippen MR) is 107 cm³/mol. The molecule has 0 radical (unpaired) electrons. The summed E-state index contributed by atoms with van der Waals surface area (Å²) in [6.07, 6.45) is 3.24. The van der Waals surface area contributed by atoms with Gasteiger partial charge in [0.05, 0.1) is 19.5 Å². The van der Waals surface area contributed by atoms with Crippen LogP contribution in [0.15, 0.2) is 12.5 Å². The van der Waals surface area contributed by atoms with Crippen LogP contribution in [0.5, 0.6) is 0 Å². The smallest absolute Gasteiger partial charge is 0.326 e. The zero-order valence-electron chi connectivity index (χ0n) is 17.4. The number of aliphatic hydroxyl groups excluding tert-OH is 2. The number of aromatic amines is 1. The number of carbonyl (C=O) groups excluding carboxylic acids is 3. The van der Waals surface area contributed by atoms with Gasteiger partial charge in [-0.3, -0.25) is 14.4 Å². The largest absolute Gasteiger partial charge is 0.480 e. The quantitative estimate of drug-likeness (QED) is 0.154. The van der Waals surface area contributed by atoms with Crippen LogP contribution in [0.3, 0.4) is 0 Å². The standard InChI is InChI=1S/C18H30N6O7/c1-3-9(2)14(24-16(28)13(7-26)23-15(27)11(19)6-25)17(29)22-12(18(30)31)4-10-5-20-8-21-10/h5,8-9,11-14,25-26H,3-4,6-7,19H2,1-2H3,(H,20,21)(H,22,29)(H,23,27)(H,24,28)(H,30,31). The molecule has 3 amide bonds. The van der Waals surface area contributed by atoms with Crippen molar-refractivity contribution in [3.8, 4) is 0 Å². The molecule has 13 heteroatoms. The third-order valence-electron chi connectivity index (χ3n) is 4.74. The van der Waals surface area contributed by atoms with Crippen LogP contribution in [-0.2, 0) is 25.6 Å². The number of carbonyl (C=O) groups is 4. The van der Waals surface area contributed by atoms with Crippen molar-refractivity contribution in [2.24, 2.45) is 11.7 Å². The number of aliphatic hydroxyl groups is 2. The summed E-state index contributed by atoms with van der Waals surface area (Å²) in [6.45, 7) is 2.03. The van der Waals surface area contributed by atoms with E-state index in [0.29, 0.717) is 12.1 Å². The Kier molecular flexibility index (Phi) is 10.6. The zero-order chi connectivity index (χ0) is 23.6. The molecule has 0 saturated carbocycles. The van der Waals surface area contributed by atoms with E-state index >= 15 is 0 Å². The van der Waals surface area contributed by atoms with Gasteiger partial charge in [0.25, 0.3) is 0 Å². The first-order valence-corrected chi connectivity index (χ1v) is 9.72. The van der Waals surface area contributed by atoms with Crippen LogP contribution < -0.4 is 21.7 Å². The average Bonchev–Trinajstić information content (AvgIpc) is 3.26. The molecule has 31 heavy (non-hydrogen) atoms. The Morgan fingerprint density at radius 2 is 1.71 bits per heavy atom. The second-order valence-electron chi connectivity index (χ2n) is 7.08. The highest BCUT2D eigenvalue weighted by Gasteiger charge is 2.32. The van der Waals surface area contributed by atoms with E-state index in [-0.39, 0.29) is 12.3 Å². The summed E-state index contributed by atoms with van der Waals surface area (Å²) >= 11 is 0. The summed E-state index contributed by atoms with van der Waals surface area (Å²) in [7, 11) is 0. The van der Waals surface area contributed by atoms with Gasteiger partial charge in [-0.15, -0.1) is 0 Å². The van der Waals surface area contributed by atoms with Gasteiger partial charge >= 0.3 is 5.97 Å². The Bertz CT molecular complexity index is 742. The van der Waals surface area contributed by atoms with Gasteiger partial charge in [-0.2, -0.15) is 0 Å². The van der Waals surface area contributed by atoms with Crippen molar-refractivity contribution in [3.63, 3.8) is 0 Å². The van der Waals surface area contributed by atoms with Gasteiger partial charge in [0.1, 0.15) is 24.2 Å². The predicted octanol–water partition coefficient (Wildman–Crippen LogP) is -3.15. The van der Waals surface area contributed by atoms with Gasteiger partial charge in [0.2, 0.25) is 17.7 Å². The lowest BCUT2D eigenvalue weighted by molar-refractivity contribution is -0.142. The van der Waals surface area contributed by atoms with Gasteiger partial charge < -0.3 is 42.0 Å². The van der Waals surface area contributed by atoms with Gasteiger partial charge in [-0.05, 0) is 5.92 Å². The van der Waals surface area contributed by atoms with E-state index in [1.54, 1.807) is 13.8 Å². The fourth-order valence-electron chi connectivity index (χ4n) is 2.59. The number of imidazole rings is 1. The molecular weight excluding hydrogens is 412 g/mol. The number of rotatable bonds is 13. The third-order valence-corrected chi connectivity index (χ3v) is 4.74. The molecule has 0 bridgehead atoms. The molecule has 0 aliphatic rings. The lowest BCUT2D eigenvalue weighted by Gasteiger charge is -2.27. The van der Waals surface area contributed by atoms with Crippen LogP contribution in [-0.4, -0.2) is 86.4 Å². The van der Waals surface area contributed by atoms with Gasteiger partial charge in [0.15, 0.2) is 0 Å². The van der Waals surface area contributed by atoms with E-state index in [1.165, 1.54) is 12.5 Å². The van der Waals surface area contributed by atoms with Gasteiger partial charge in [-0.1, -0.05) is 20.3 Å². The van der Waals surface area contributed by atoms with Crippen molar-refractivity contribution in [2.75, 3.05) is 13.2 Å². The molecule has 1 aromatic rings. The molecular formula is C18H30N6O7. The van der Waals surface area contributed by atoms with E-state index in [2.05, 4.69) is 25.9 Å². The van der Waals surface area contributed by atoms with Crippen LogP contribution in [0.25, 0.3) is 0 Å². The molecule has 0 aliphatic heterocycles. The highest BCUT2D eigenvalue weighted by Crippen LogP contribution is 2.10. The van der Waals surface area contributed by atoms with E-state index in [1.807, 2.05) is 0 Å². The van der Waals surface area contributed by atoms with E-state index in [0.717, 1.165) is 0 Å². The lowest BCUT2D eigenvalue weighted by atomic mass is 9.97. The number of hydrogen-bond donors (Lipinski definition) is 8. The first kappa shape index (κ1) is 26.0. The number of carboxylic acids is 1. The Labute approximate surface area is 178 Å². The SMILES string of the molecule is CCC(C)C(NC(=O)C(CO)NC(=O)C(N)CO)C(=O)NC(Cc1cnc[nH]1)C(=O)O. The summed E-state index contributed by atoms with van der Waals surface area (Å²) in [4.78, 5) is 55.2. The normalized spacial score (nSPS) is 15.8. The molecule has 174 valence electrons. The van der Waals surface area contributed by atoms with E-state index in [9.17, 15) is 29.4 Å². The Hall–Kier alpha value is -3.03. The van der Waals surface area contributed by atoms with Crippen LogP contribution in [0.2, 0.25) is 0 Å². The van der Waals surface area contributed by atoms with Crippen LogP contribution in [0.1, 0.15) is 26.0 Å². The number of nitrogens with zero attached hydrogens (tertiary/aromatic N) is 1.